The molecule has 0 aliphatic carbocycles. The van der Waals surface area contributed by atoms with Crippen molar-refractivity contribution in [2.45, 2.75) is 25.0 Å². The van der Waals surface area contributed by atoms with E-state index in [1.54, 1.807) is 19.1 Å². The number of carbonyl (C=O) groups excluding carboxylic acids is 1. The van der Waals surface area contributed by atoms with Gasteiger partial charge in [0.05, 0.1) is 0 Å². The summed E-state index contributed by atoms with van der Waals surface area (Å²) in [6, 6.07) is 17.7. The van der Waals surface area contributed by atoms with Gasteiger partial charge in [-0.2, -0.15) is 0 Å². The van der Waals surface area contributed by atoms with Crippen LogP contribution < -0.4 is 0 Å². The molecule has 0 spiro atoms. The number of aliphatic carboxylic acids is 1. The van der Waals surface area contributed by atoms with Crippen molar-refractivity contribution >= 4 is 22.8 Å². The molecule has 1 atom stereocenters. The Kier molecular flexibility index (Phi) is 6.58. The lowest BCUT2D eigenvalue weighted by molar-refractivity contribution is -0.138. The van der Waals surface area contributed by atoms with Gasteiger partial charge in [-0.25, -0.2) is 0 Å². The van der Waals surface area contributed by atoms with E-state index in [4.69, 9.17) is 0 Å². The normalized spacial score (nSPS) is 13.7. The van der Waals surface area contributed by atoms with Gasteiger partial charge in [0.1, 0.15) is 4.75 Å². The first-order valence-corrected chi connectivity index (χ1v) is 9.07. The number of allylic oxidation sites excluding steroid dienone is 2. The van der Waals surface area contributed by atoms with Crippen LogP contribution in [-0.2, 0) is 16.0 Å². The highest BCUT2D eigenvalue weighted by Crippen LogP contribution is 2.30. The molecule has 0 saturated carbocycles. The number of hydrogen-bond acceptors (Lipinski definition) is 3. The zero-order valence-corrected chi connectivity index (χ0v) is 15.8. The second-order valence-electron chi connectivity index (χ2n) is 6.22. The number of carbonyl (C=O) groups is 2. The summed E-state index contributed by atoms with van der Waals surface area (Å²) in [5.41, 5.74) is 3.78. The average Bonchev–Trinajstić information content (AvgIpc) is 2.62. The number of benzene rings is 2. The Bertz CT molecular complexity index is 822. The van der Waals surface area contributed by atoms with Crippen molar-refractivity contribution in [3.63, 3.8) is 0 Å². The molecule has 2 rings (SSSR count). The maximum absolute atomic E-state index is 12.4. The first-order chi connectivity index (χ1) is 12.3. The molecule has 0 amide bonds. The van der Waals surface area contributed by atoms with Crippen LogP contribution in [0.3, 0.4) is 0 Å². The Morgan fingerprint density at radius 3 is 2.19 bits per heavy atom. The standard InChI is InChI=1S/C22H22O3S/c1-4-16(2)15-22(3,21(24)25)26-20(23)14-17-10-12-19(13-11-17)18-8-6-5-7-9-18/h4-13,15H,1,14H2,2-3H3,(H,24,25)/b16-15+/t22-/m1/s1. The molecule has 2 aromatic carbocycles. The van der Waals surface area contributed by atoms with Crippen LogP contribution in [0.2, 0.25) is 0 Å². The van der Waals surface area contributed by atoms with Crippen molar-refractivity contribution in [3.05, 3.63) is 84.5 Å². The molecule has 0 heterocycles. The van der Waals surface area contributed by atoms with Crippen LogP contribution in [0.4, 0.5) is 0 Å². The minimum absolute atomic E-state index is 0.184. The van der Waals surface area contributed by atoms with Gasteiger partial charge in [-0.3, -0.25) is 9.59 Å². The zero-order chi connectivity index (χ0) is 19.2. The van der Waals surface area contributed by atoms with Gasteiger partial charge in [-0.05, 0) is 30.5 Å². The molecule has 2 aromatic rings. The molecule has 3 nitrogen and oxygen atoms in total. The van der Waals surface area contributed by atoms with E-state index in [9.17, 15) is 14.7 Å². The van der Waals surface area contributed by atoms with Crippen LogP contribution in [0.5, 0.6) is 0 Å². The van der Waals surface area contributed by atoms with Gasteiger partial charge in [0, 0.05) is 6.42 Å². The molecule has 4 heteroatoms. The lowest BCUT2D eigenvalue weighted by Gasteiger charge is -2.20. The molecule has 134 valence electrons. The van der Waals surface area contributed by atoms with E-state index in [-0.39, 0.29) is 11.5 Å². The summed E-state index contributed by atoms with van der Waals surface area (Å²) in [5.74, 6) is -1.04. The Balaban J connectivity index is 2.09. The van der Waals surface area contributed by atoms with E-state index in [0.29, 0.717) is 0 Å². The lowest BCUT2D eigenvalue weighted by atomic mass is 10.0. The van der Waals surface area contributed by atoms with E-state index >= 15 is 0 Å². The third kappa shape index (κ3) is 5.20. The summed E-state index contributed by atoms with van der Waals surface area (Å²) in [4.78, 5) is 24.0. The smallest absolute Gasteiger partial charge is 0.323 e. The monoisotopic (exact) mass is 366 g/mol. The van der Waals surface area contributed by atoms with Crippen molar-refractivity contribution in [1.82, 2.24) is 0 Å². The maximum atomic E-state index is 12.4. The summed E-state index contributed by atoms with van der Waals surface area (Å²) in [5, 5.41) is 9.32. The van der Waals surface area contributed by atoms with Crippen molar-refractivity contribution in [2.75, 3.05) is 0 Å². The van der Waals surface area contributed by atoms with Gasteiger partial charge in [-0.1, -0.05) is 90.7 Å². The molecule has 1 N–H and O–H groups in total. The first-order valence-electron chi connectivity index (χ1n) is 8.25. The van der Waals surface area contributed by atoms with Crippen LogP contribution in [-0.4, -0.2) is 20.9 Å². The predicted octanol–water partition coefficient (Wildman–Crippen LogP) is 5.13. The lowest BCUT2D eigenvalue weighted by Crippen LogP contribution is -2.31. The Morgan fingerprint density at radius 1 is 1.08 bits per heavy atom. The Morgan fingerprint density at radius 2 is 1.65 bits per heavy atom. The highest BCUT2D eigenvalue weighted by molar-refractivity contribution is 8.15. The van der Waals surface area contributed by atoms with E-state index < -0.39 is 10.7 Å². The molecular formula is C22H22O3S. The molecule has 0 bridgehead atoms. The molecule has 0 aliphatic heterocycles. The maximum Gasteiger partial charge on any atom is 0.323 e. The van der Waals surface area contributed by atoms with E-state index in [1.807, 2.05) is 54.6 Å². The van der Waals surface area contributed by atoms with Crippen LogP contribution >= 0.6 is 11.8 Å². The van der Waals surface area contributed by atoms with Gasteiger partial charge >= 0.3 is 5.97 Å². The Hall–Kier alpha value is -2.59. The molecule has 0 aromatic heterocycles. The molecule has 0 aliphatic rings. The van der Waals surface area contributed by atoms with Gasteiger partial charge in [0.25, 0.3) is 0 Å². The quantitative estimate of drug-likeness (QED) is 0.690. The van der Waals surface area contributed by atoms with Crippen molar-refractivity contribution in [2.24, 2.45) is 0 Å². The fourth-order valence-electron chi connectivity index (χ4n) is 2.51. The summed E-state index contributed by atoms with van der Waals surface area (Å²) in [6.07, 6.45) is 3.32. The summed E-state index contributed by atoms with van der Waals surface area (Å²) < 4.78 is -1.31. The molecular weight excluding hydrogens is 344 g/mol. The van der Waals surface area contributed by atoms with Crippen molar-refractivity contribution in [1.29, 1.82) is 0 Å². The average molecular weight is 366 g/mol. The van der Waals surface area contributed by atoms with Crippen LogP contribution in [0.25, 0.3) is 11.1 Å². The highest BCUT2D eigenvalue weighted by atomic mass is 32.2. The molecule has 0 radical (unpaired) electrons. The summed E-state index contributed by atoms with van der Waals surface area (Å²) >= 11 is 0.832. The fraction of sp³-hybridized carbons (Fsp3) is 0.182. The number of carboxylic acid groups (broad SMARTS) is 1. The number of thioether (sulfide) groups is 1. The van der Waals surface area contributed by atoms with E-state index in [2.05, 4.69) is 6.58 Å². The zero-order valence-electron chi connectivity index (χ0n) is 14.9. The number of hydrogen-bond donors (Lipinski definition) is 1. The second-order valence-corrected chi connectivity index (χ2v) is 7.73. The van der Waals surface area contributed by atoms with E-state index in [1.165, 1.54) is 6.92 Å². The fourth-order valence-corrected chi connectivity index (χ4v) is 3.56. The van der Waals surface area contributed by atoms with Crippen LogP contribution in [0.15, 0.2) is 78.9 Å². The summed E-state index contributed by atoms with van der Waals surface area (Å²) in [7, 11) is 0. The third-order valence-corrected chi connectivity index (χ3v) is 5.07. The Labute approximate surface area is 158 Å². The largest absolute Gasteiger partial charge is 0.480 e. The third-order valence-electron chi connectivity index (χ3n) is 3.99. The first kappa shape index (κ1) is 19.7. The van der Waals surface area contributed by atoms with Gasteiger partial charge < -0.3 is 5.11 Å². The minimum Gasteiger partial charge on any atom is -0.480 e. The highest BCUT2D eigenvalue weighted by Gasteiger charge is 2.34. The minimum atomic E-state index is -1.31. The molecule has 0 fully saturated rings. The van der Waals surface area contributed by atoms with Crippen LogP contribution in [0, 0.1) is 0 Å². The number of carboxylic acids is 1. The molecule has 26 heavy (non-hydrogen) atoms. The van der Waals surface area contributed by atoms with Gasteiger partial charge in [0.15, 0.2) is 5.12 Å². The van der Waals surface area contributed by atoms with Gasteiger partial charge in [0.2, 0.25) is 0 Å². The summed E-state index contributed by atoms with van der Waals surface area (Å²) in [6.45, 7) is 6.93. The molecule has 0 saturated heterocycles. The van der Waals surface area contributed by atoms with Crippen molar-refractivity contribution < 1.29 is 14.7 Å². The SMILES string of the molecule is C=C/C(C)=C/[C@@](C)(SC(=O)Cc1ccc(-c2ccccc2)cc1)C(=O)O. The van der Waals surface area contributed by atoms with Gasteiger partial charge in [-0.15, -0.1) is 0 Å². The molecule has 0 unspecified atom stereocenters. The van der Waals surface area contributed by atoms with Crippen LogP contribution in [0.1, 0.15) is 19.4 Å². The van der Waals surface area contributed by atoms with E-state index in [0.717, 1.165) is 34.0 Å². The number of rotatable bonds is 7. The predicted molar refractivity (Wildman–Crippen MR) is 108 cm³/mol. The van der Waals surface area contributed by atoms with Crippen molar-refractivity contribution in [3.8, 4) is 11.1 Å². The second kappa shape index (κ2) is 8.68. The topological polar surface area (TPSA) is 54.4 Å².